The van der Waals surface area contributed by atoms with Gasteiger partial charge in [0.05, 0.1) is 0 Å². The molecule has 3 rings (SSSR count). The molecule has 0 fully saturated rings. The molecule has 3 aromatic rings. The minimum absolute atomic E-state index is 0.0946. The molecule has 3 nitrogen and oxygen atoms in total. The lowest BCUT2D eigenvalue weighted by molar-refractivity contribution is 0.465. The summed E-state index contributed by atoms with van der Waals surface area (Å²) in [6, 6.07) is 14.7. The van der Waals surface area contributed by atoms with E-state index < -0.39 is 0 Å². The van der Waals surface area contributed by atoms with Gasteiger partial charge in [-0.3, -0.25) is 0 Å². The third-order valence-electron chi connectivity index (χ3n) is 4.02. The van der Waals surface area contributed by atoms with Gasteiger partial charge in [0.25, 0.3) is 5.22 Å². The third kappa shape index (κ3) is 4.28. The van der Waals surface area contributed by atoms with Crippen LogP contribution in [0.25, 0.3) is 11.5 Å². The standard InChI is InChI=1S/C20H21FN2OS/c1-13(14-7-11-17(21)12-8-14)25-19-23-22-18(24-19)15-5-9-16(10-6-15)20(2,3)4/h5-13H,1-4H3/t13-/m1/s1. The largest absolute Gasteiger partial charge is 0.411 e. The van der Waals surface area contributed by atoms with Crippen molar-refractivity contribution < 1.29 is 8.81 Å². The molecule has 0 radical (unpaired) electrons. The highest BCUT2D eigenvalue weighted by Crippen LogP contribution is 2.35. The van der Waals surface area contributed by atoms with Crippen molar-refractivity contribution in [3.05, 3.63) is 65.5 Å². The summed E-state index contributed by atoms with van der Waals surface area (Å²) >= 11 is 1.46. The average molecular weight is 356 g/mol. The Balaban J connectivity index is 1.73. The van der Waals surface area contributed by atoms with Crippen molar-refractivity contribution in [1.29, 1.82) is 0 Å². The fraction of sp³-hybridized carbons (Fsp3) is 0.300. The molecule has 0 saturated heterocycles. The number of thioether (sulfide) groups is 1. The maximum atomic E-state index is 13.0. The van der Waals surface area contributed by atoms with Crippen LogP contribution in [0.4, 0.5) is 4.39 Å². The summed E-state index contributed by atoms with van der Waals surface area (Å²) in [6.07, 6.45) is 0. The smallest absolute Gasteiger partial charge is 0.277 e. The van der Waals surface area contributed by atoms with Crippen LogP contribution >= 0.6 is 11.8 Å². The predicted octanol–water partition coefficient (Wildman–Crippen LogP) is 6.03. The summed E-state index contributed by atoms with van der Waals surface area (Å²) in [6.45, 7) is 8.57. The Morgan fingerprint density at radius 3 is 2.20 bits per heavy atom. The fourth-order valence-corrected chi connectivity index (χ4v) is 3.25. The maximum absolute atomic E-state index is 13.0. The highest BCUT2D eigenvalue weighted by Gasteiger charge is 2.16. The molecule has 1 heterocycles. The molecule has 0 aliphatic heterocycles. The van der Waals surface area contributed by atoms with E-state index in [9.17, 15) is 4.39 Å². The van der Waals surface area contributed by atoms with Gasteiger partial charge in [-0.15, -0.1) is 10.2 Å². The molecular formula is C20H21FN2OS. The van der Waals surface area contributed by atoms with Gasteiger partial charge in [-0.05, 0) is 47.7 Å². The lowest BCUT2D eigenvalue weighted by atomic mass is 9.87. The molecule has 0 amide bonds. The van der Waals surface area contributed by atoms with Crippen LogP contribution in [0.5, 0.6) is 0 Å². The molecule has 1 atom stereocenters. The van der Waals surface area contributed by atoms with Gasteiger partial charge in [-0.1, -0.05) is 56.8 Å². The summed E-state index contributed by atoms with van der Waals surface area (Å²) < 4.78 is 18.8. The average Bonchev–Trinajstić information content (AvgIpc) is 3.03. The Bertz CT molecular complexity index is 835. The number of hydrogen-bond acceptors (Lipinski definition) is 4. The monoisotopic (exact) mass is 356 g/mol. The first-order chi connectivity index (χ1) is 11.8. The fourth-order valence-electron chi connectivity index (χ4n) is 2.44. The van der Waals surface area contributed by atoms with Crippen LogP contribution in [0, 0.1) is 5.82 Å². The van der Waals surface area contributed by atoms with E-state index in [1.807, 2.05) is 19.1 Å². The molecule has 1 aromatic heterocycles. The van der Waals surface area contributed by atoms with E-state index in [1.165, 1.54) is 29.5 Å². The molecule has 5 heteroatoms. The highest BCUT2D eigenvalue weighted by atomic mass is 32.2. The summed E-state index contributed by atoms with van der Waals surface area (Å²) in [4.78, 5) is 0. The van der Waals surface area contributed by atoms with Crippen LogP contribution in [0.15, 0.2) is 58.2 Å². The van der Waals surface area contributed by atoms with Gasteiger partial charge >= 0.3 is 0 Å². The van der Waals surface area contributed by atoms with Gasteiger partial charge in [0.1, 0.15) is 5.82 Å². The second kappa shape index (κ2) is 7.00. The molecule has 25 heavy (non-hydrogen) atoms. The normalized spacial score (nSPS) is 13.0. The van der Waals surface area contributed by atoms with E-state index in [-0.39, 0.29) is 16.5 Å². The van der Waals surface area contributed by atoms with Crippen molar-refractivity contribution in [2.24, 2.45) is 0 Å². The van der Waals surface area contributed by atoms with Crippen molar-refractivity contribution in [2.45, 2.75) is 43.6 Å². The van der Waals surface area contributed by atoms with E-state index >= 15 is 0 Å². The summed E-state index contributed by atoms with van der Waals surface area (Å²) in [5, 5.41) is 8.86. The zero-order chi connectivity index (χ0) is 18.0. The number of nitrogens with zero attached hydrogens (tertiary/aromatic N) is 2. The SMILES string of the molecule is C[C@@H](Sc1nnc(-c2ccc(C(C)(C)C)cc2)o1)c1ccc(F)cc1. The van der Waals surface area contributed by atoms with Crippen LogP contribution in [-0.4, -0.2) is 10.2 Å². The van der Waals surface area contributed by atoms with Gasteiger partial charge < -0.3 is 4.42 Å². The number of hydrogen-bond donors (Lipinski definition) is 0. The van der Waals surface area contributed by atoms with E-state index in [0.29, 0.717) is 11.1 Å². The first kappa shape index (κ1) is 17.7. The molecule has 130 valence electrons. The van der Waals surface area contributed by atoms with Crippen molar-refractivity contribution in [3.8, 4) is 11.5 Å². The van der Waals surface area contributed by atoms with Crippen LogP contribution in [0.1, 0.15) is 44.1 Å². The Hall–Kier alpha value is -2.14. The maximum Gasteiger partial charge on any atom is 0.277 e. The van der Waals surface area contributed by atoms with Crippen molar-refractivity contribution >= 4 is 11.8 Å². The molecule has 0 aliphatic rings. The Kier molecular flexibility index (Phi) is 4.95. The van der Waals surface area contributed by atoms with E-state index in [1.54, 1.807) is 12.1 Å². The summed E-state index contributed by atoms with van der Waals surface area (Å²) in [5.74, 6) is 0.272. The summed E-state index contributed by atoms with van der Waals surface area (Å²) in [5.41, 5.74) is 3.29. The molecule has 0 spiro atoms. The van der Waals surface area contributed by atoms with E-state index in [2.05, 4.69) is 43.1 Å². The minimum Gasteiger partial charge on any atom is -0.411 e. The minimum atomic E-state index is -0.236. The Morgan fingerprint density at radius 2 is 1.60 bits per heavy atom. The van der Waals surface area contributed by atoms with Crippen LogP contribution in [-0.2, 0) is 5.41 Å². The van der Waals surface area contributed by atoms with Gasteiger partial charge in [0.15, 0.2) is 0 Å². The quantitative estimate of drug-likeness (QED) is 0.535. The van der Waals surface area contributed by atoms with E-state index in [0.717, 1.165) is 11.1 Å². The first-order valence-electron chi connectivity index (χ1n) is 8.19. The van der Waals surface area contributed by atoms with Crippen molar-refractivity contribution in [3.63, 3.8) is 0 Å². The Morgan fingerprint density at radius 1 is 0.960 bits per heavy atom. The lowest BCUT2D eigenvalue weighted by Gasteiger charge is -2.18. The summed E-state index contributed by atoms with van der Waals surface area (Å²) in [7, 11) is 0. The van der Waals surface area contributed by atoms with E-state index in [4.69, 9.17) is 4.42 Å². The zero-order valence-electron chi connectivity index (χ0n) is 14.8. The van der Waals surface area contributed by atoms with Gasteiger partial charge in [0.2, 0.25) is 5.89 Å². The van der Waals surface area contributed by atoms with Crippen molar-refractivity contribution in [1.82, 2.24) is 10.2 Å². The van der Waals surface area contributed by atoms with Crippen molar-refractivity contribution in [2.75, 3.05) is 0 Å². The number of rotatable bonds is 4. The molecule has 0 bridgehead atoms. The second-order valence-corrected chi connectivity index (χ2v) is 8.30. The first-order valence-corrected chi connectivity index (χ1v) is 9.07. The van der Waals surface area contributed by atoms with Gasteiger partial charge in [0, 0.05) is 10.8 Å². The molecule has 0 N–H and O–H groups in total. The molecule has 2 aromatic carbocycles. The number of aromatic nitrogens is 2. The molecule has 0 aliphatic carbocycles. The molecule has 0 saturated carbocycles. The zero-order valence-corrected chi connectivity index (χ0v) is 15.6. The topological polar surface area (TPSA) is 38.9 Å². The molecule has 0 unspecified atom stereocenters. The third-order valence-corrected chi connectivity index (χ3v) is 5.01. The lowest BCUT2D eigenvalue weighted by Crippen LogP contribution is -2.10. The van der Waals surface area contributed by atoms with Gasteiger partial charge in [-0.2, -0.15) is 0 Å². The van der Waals surface area contributed by atoms with Crippen LogP contribution in [0.2, 0.25) is 0 Å². The van der Waals surface area contributed by atoms with Gasteiger partial charge in [-0.25, -0.2) is 4.39 Å². The predicted molar refractivity (Wildman–Crippen MR) is 99.1 cm³/mol. The van der Waals surface area contributed by atoms with Crippen LogP contribution < -0.4 is 0 Å². The number of benzene rings is 2. The number of halogens is 1. The second-order valence-electron chi connectivity index (χ2n) is 7.01. The van der Waals surface area contributed by atoms with Crippen LogP contribution in [0.3, 0.4) is 0 Å². The highest BCUT2D eigenvalue weighted by molar-refractivity contribution is 7.99. The Labute approximate surface area is 151 Å². The molecular weight excluding hydrogens is 335 g/mol.